The maximum atomic E-state index is 7.64. The molecule has 0 fully saturated rings. The predicted molar refractivity (Wildman–Crippen MR) is 64.4 cm³/mol. The van der Waals surface area contributed by atoms with Crippen molar-refractivity contribution in [2.24, 2.45) is 5.73 Å². The molecule has 0 aliphatic heterocycles. The highest BCUT2D eigenvalue weighted by Gasteiger charge is 2.15. The van der Waals surface area contributed by atoms with E-state index in [1.165, 1.54) is 0 Å². The molecule has 2 aromatic heterocycles. The van der Waals surface area contributed by atoms with Crippen LogP contribution in [0.3, 0.4) is 0 Å². The van der Waals surface area contributed by atoms with Crippen molar-refractivity contribution in [1.29, 1.82) is 5.41 Å². The second kappa shape index (κ2) is 3.97. The number of nitrogens with two attached hydrogens (primary N) is 1. The van der Waals surface area contributed by atoms with Gasteiger partial charge in [-0.15, -0.1) is 5.10 Å². The van der Waals surface area contributed by atoms with E-state index in [0.29, 0.717) is 11.4 Å². The van der Waals surface area contributed by atoms with Crippen molar-refractivity contribution in [3.63, 3.8) is 0 Å². The molecule has 2 heterocycles. The maximum Gasteiger partial charge on any atom is 0.186 e. The van der Waals surface area contributed by atoms with Crippen LogP contribution in [-0.4, -0.2) is 25.8 Å². The molecular formula is C11H14N6. The molecule has 0 atom stereocenters. The van der Waals surface area contributed by atoms with Crippen molar-refractivity contribution >= 4 is 5.84 Å². The Kier molecular flexibility index (Phi) is 2.63. The maximum absolute atomic E-state index is 7.64. The Morgan fingerprint density at radius 1 is 1.29 bits per heavy atom. The van der Waals surface area contributed by atoms with Gasteiger partial charge in [-0.3, -0.25) is 5.41 Å². The first kappa shape index (κ1) is 11.3. The summed E-state index contributed by atoms with van der Waals surface area (Å²) in [5.41, 5.74) is 8.68. The molecule has 88 valence electrons. The van der Waals surface area contributed by atoms with Crippen molar-refractivity contribution < 1.29 is 0 Å². The third kappa shape index (κ3) is 1.89. The lowest BCUT2D eigenvalue weighted by molar-refractivity contribution is 0.788. The summed E-state index contributed by atoms with van der Waals surface area (Å²) in [6, 6.07) is 1.86. The molecule has 0 bridgehead atoms. The van der Waals surface area contributed by atoms with Gasteiger partial charge in [0, 0.05) is 6.20 Å². The zero-order valence-electron chi connectivity index (χ0n) is 10.0. The Hall–Kier alpha value is -2.24. The predicted octanol–water partition coefficient (Wildman–Crippen LogP) is 0.872. The summed E-state index contributed by atoms with van der Waals surface area (Å²) in [5, 5.41) is 20.0. The van der Waals surface area contributed by atoms with Crippen LogP contribution >= 0.6 is 0 Å². The fourth-order valence-electron chi connectivity index (χ4n) is 1.61. The summed E-state index contributed by atoms with van der Waals surface area (Å²) in [6.45, 7) is 5.60. The first-order valence-corrected chi connectivity index (χ1v) is 5.21. The van der Waals surface area contributed by atoms with Gasteiger partial charge in [0.2, 0.25) is 0 Å². The molecule has 0 amide bonds. The van der Waals surface area contributed by atoms with Gasteiger partial charge in [-0.05, 0) is 32.4 Å². The molecule has 0 saturated carbocycles. The van der Waals surface area contributed by atoms with E-state index in [1.54, 1.807) is 10.9 Å². The third-order valence-corrected chi connectivity index (χ3v) is 2.64. The van der Waals surface area contributed by atoms with Crippen LogP contribution in [0.1, 0.15) is 22.5 Å². The van der Waals surface area contributed by atoms with Crippen LogP contribution in [0.25, 0.3) is 5.82 Å². The number of amidine groups is 1. The summed E-state index contributed by atoms with van der Waals surface area (Å²) >= 11 is 0. The van der Waals surface area contributed by atoms with E-state index < -0.39 is 0 Å². The molecule has 6 heteroatoms. The lowest BCUT2D eigenvalue weighted by Crippen LogP contribution is -2.19. The SMILES string of the molecule is Cc1ccn(-c2nnc(C)c(C)c2C(=N)N)n1. The highest BCUT2D eigenvalue weighted by atomic mass is 15.3. The minimum absolute atomic E-state index is 0.0244. The molecule has 0 spiro atoms. The number of nitrogen functional groups attached to an aromatic ring is 1. The number of aryl methyl sites for hydroxylation is 2. The van der Waals surface area contributed by atoms with Crippen LogP contribution in [0.5, 0.6) is 0 Å². The second-order valence-corrected chi connectivity index (χ2v) is 3.92. The Balaban J connectivity index is 2.70. The lowest BCUT2D eigenvalue weighted by atomic mass is 10.1. The first-order valence-electron chi connectivity index (χ1n) is 5.21. The molecule has 0 saturated heterocycles. The number of nitrogens with zero attached hydrogens (tertiary/aromatic N) is 4. The average molecular weight is 230 g/mol. The standard InChI is InChI=1S/C11H14N6/c1-6-4-5-17(16-6)11-9(10(12)13)7(2)8(3)14-15-11/h4-5H,1-3H3,(H3,12,13). The molecule has 0 aliphatic carbocycles. The number of rotatable bonds is 2. The first-order chi connectivity index (χ1) is 8.00. The van der Waals surface area contributed by atoms with Crippen LogP contribution in [-0.2, 0) is 0 Å². The van der Waals surface area contributed by atoms with Crippen LogP contribution in [0, 0.1) is 26.2 Å². The normalized spacial score (nSPS) is 10.5. The quantitative estimate of drug-likeness (QED) is 0.591. The second-order valence-electron chi connectivity index (χ2n) is 3.92. The Morgan fingerprint density at radius 2 is 2.00 bits per heavy atom. The zero-order valence-corrected chi connectivity index (χ0v) is 10.0. The van der Waals surface area contributed by atoms with Gasteiger partial charge in [0.1, 0.15) is 5.84 Å². The van der Waals surface area contributed by atoms with E-state index >= 15 is 0 Å². The van der Waals surface area contributed by atoms with Crippen LogP contribution in [0.4, 0.5) is 0 Å². The van der Waals surface area contributed by atoms with Gasteiger partial charge in [-0.1, -0.05) is 0 Å². The van der Waals surface area contributed by atoms with Crippen molar-refractivity contribution in [2.75, 3.05) is 0 Å². The summed E-state index contributed by atoms with van der Waals surface area (Å²) in [5.74, 6) is 0.470. The minimum atomic E-state index is -0.0244. The molecule has 2 rings (SSSR count). The van der Waals surface area contributed by atoms with Crippen LogP contribution < -0.4 is 5.73 Å². The minimum Gasteiger partial charge on any atom is -0.384 e. The lowest BCUT2D eigenvalue weighted by Gasteiger charge is -2.10. The topological polar surface area (TPSA) is 93.5 Å². The van der Waals surface area contributed by atoms with Gasteiger partial charge in [-0.2, -0.15) is 10.2 Å². The van der Waals surface area contributed by atoms with Gasteiger partial charge >= 0.3 is 0 Å². The molecule has 17 heavy (non-hydrogen) atoms. The molecule has 6 nitrogen and oxygen atoms in total. The molecule has 3 N–H and O–H groups in total. The Morgan fingerprint density at radius 3 is 2.53 bits per heavy atom. The zero-order chi connectivity index (χ0) is 12.6. The van der Waals surface area contributed by atoms with E-state index in [9.17, 15) is 0 Å². The number of nitrogens with one attached hydrogen (secondary N) is 1. The fraction of sp³-hybridized carbons (Fsp3) is 0.273. The van der Waals surface area contributed by atoms with Gasteiger partial charge in [0.25, 0.3) is 0 Å². The monoisotopic (exact) mass is 230 g/mol. The van der Waals surface area contributed by atoms with Crippen molar-refractivity contribution in [1.82, 2.24) is 20.0 Å². The van der Waals surface area contributed by atoms with Gasteiger partial charge < -0.3 is 5.73 Å². The van der Waals surface area contributed by atoms with Crippen molar-refractivity contribution in [2.45, 2.75) is 20.8 Å². The van der Waals surface area contributed by atoms with E-state index in [-0.39, 0.29) is 5.84 Å². The van der Waals surface area contributed by atoms with Crippen LogP contribution in [0.15, 0.2) is 12.3 Å². The molecule has 0 aromatic carbocycles. The van der Waals surface area contributed by atoms with Gasteiger partial charge in [-0.25, -0.2) is 4.68 Å². The van der Waals surface area contributed by atoms with E-state index in [2.05, 4.69) is 15.3 Å². The highest BCUT2D eigenvalue weighted by Crippen LogP contribution is 2.16. The molecule has 0 unspecified atom stereocenters. The van der Waals surface area contributed by atoms with Gasteiger partial charge in [0.05, 0.1) is 17.0 Å². The highest BCUT2D eigenvalue weighted by molar-refractivity contribution is 5.99. The molecule has 0 radical (unpaired) electrons. The van der Waals surface area contributed by atoms with Crippen LogP contribution in [0.2, 0.25) is 0 Å². The van der Waals surface area contributed by atoms with E-state index in [4.69, 9.17) is 11.1 Å². The number of hydrogen-bond acceptors (Lipinski definition) is 4. The molecular weight excluding hydrogens is 216 g/mol. The van der Waals surface area contributed by atoms with E-state index in [1.807, 2.05) is 26.8 Å². The van der Waals surface area contributed by atoms with Crippen molar-refractivity contribution in [3.8, 4) is 5.82 Å². The Labute approximate surface area is 99.0 Å². The third-order valence-electron chi connectivity index (χ3n) is 2.64. The average Bonchev–Trinajstić information content (AvgIpc) is 2.68. The van der Waals surface area contributed by atoms with Crippen molar-refractivity contribution in [3.05, 3.63) is 34.8 Å². The number of hydrogen-bond donors (Lipinski definition) is 2. The summed E-state index contributed by atoms with van der Waals surface area (Å²) < 4.78 is 1.59. The summed E-state index contributed by atoms with van der Waals surface area (Å²) in [7, 11) is 0. The fourth-order valence-corrected chi connectivity index (χ4v) is 1.61. The Bertz CT molecular complexity index is 584. The largest absolute Gasteiger partial charge is 0.384 e. The smallest absolute Gasteiger partial charge is 0.186 e. The number of aromatic nitrogens is 4. The van der Waals surface area contributed by atoms with Gasteiger partial charge in [0.15, 0.2) is 5.82 Å². The summed E-state index contributed by atoms with van der Waals surface area (Å²) in [6.07, 6.45) is 1.78. The summed E-state index contributed by atoms with van der Waals surface area (Å²) in [4.78, 5) is 0. The van der Waals surface area contributed by atoms with E-state index in [0.717, 1.165) is 17.0 Å². The molecule has 0 aliphatic rings. The molecule has 2 aromatic rings.